The third-order valence-corrected chi connectivity index (χ3v) is 4.17. The van der Waals surface area contributed by atoms with Gasteiger partial charge in [0.2, 0.25) is 5.78 Å². The molecule has 1 aromatic heterocycles. The van der Waals surface area contributed by atoms with Crippen molar-refractivity contribution < 1.29 is 9.53 Å². The number of ketones is 1. The van der Waals surface area contributed by atoms with Gasteiger partial charge in [0, 0.05) is 32.0 Å². The summed E-state index contributed by atoms with van der Waals surface area (Å²) < 4.78 is 7.66. The fourth-order valence-corrected chi connectivity index (χ4v) is 2.96. The van der Waals surface area contributed by atoms with Crippen molar-refractivity contribution in [1.82, 2.24) is 9.55 Å². The number of hydrogen-bond donors (Lipinski definition) is 0. The van der Waals surface area contributed by atoms with Crippen molar-refractivity contribution >= 4 is 5.78 Å². The van der Waals surface area contributed by atoms with E-state index in [-0.39, 0.29) is 17.3 Å². The van der Waals surface area contributed by atoms with E-state index in [2.05, 4.69) is 4.98 Å². The molecule has 1 spiro atoms. The number of hydrogen-bond acceptors (Lipinski definition) is 3. The molecule has 3 rings (SSSR count). The lowest BCUT2D eigenvalue weighted by Crippen LogP contribution is -2.47. The smallest absolute Gasteiger partial charge is 0.201 e. The first kappa shape index (κ1) is 11.0. The highest BCUT2D eigenvalue weighted by molar-refractivity contribution is 5.94. The molecule has 4 nitrogen and oxygen atoms in total. The Balaban J connectivity index is 1.76. The lowest BCUT2D eigenvalue weighted by molar-refractivity contribution is -0.137. The first-order valence-corrected chi connectivity index (χ1v) is 6.36. The van der Waals surface area contributed by atoms with E-state index in [9.17, 15) is 4.79 Å². The summed E-state index contributed by atoms with van der Waals surface area (Å²) in [5.41, 5.74) is 0.0315. The fraction of sp³-hybridized carbons (Fsp3) is 0.692. The highest BCUT2D eigenvalue weighted by atomic mass is 16.5. The lowest BCUT2D eigenvalue weighted by Gasteiger charge is -2.46. The van der Waals surface area contributed by atoms with E-state index >= 15 is 0 Å². The van der Waals surface area contributed by atoms with Crippen molar-refractivity contribution in [1.29, 1.82) is 0 Å². The molecule has 2 fully saturated rings. The number of nitrogens with zero attached hydrogens (tertiary/aromatic N) is 2. The second-order valence-electron chi connectivity index (χ2n) is 5.30. The number of carbonyl (C=O) groups is 1. The van der Waals surface area contributed by atoms with Crippen LogP contribution in [0.4, 0.5) is 0 Å². The zero-order valence-electron chi connectivity index (χ0n) is 10.2. The molecule has 17 heavy (non-hydrogen) atoms. The van der Waals surface area contributed by atoms with Gasteiger partial charge in [0.25, 0.3) is 0 Å². The topological polar surface area (TPSA) is 44.1 Å². The van der Waals surface area contributed by atoms with Crippen molar-refractivity contribution in [2.24, 2.45) is 13.0 Å². The van der Waals surface area contributed by atoms with E-state index in [4.69, 9.17) is 4.74 Å². The Morgan fingerprint density at radius 3 is 3.00 bits per heavy atom. The molecule has 0 bridgehead atoms. The number of aromatic nitrogens is 2. The van der Waals surface area contributed by atoms with Gasteiger partial charge in [0.05, 0.1) is 5.60 Å². The third-order valence-electron chi connectivity index (χ3n) is 4.17. The Hall–Kier alpha value is -1.16. The largest absolute Gasteiger partial charge is 0.375 e. The summed E-state index contributed by atoms with van der Waals surface area (Å²) >= 11 is 0. The fourth-order valence-electron chi connectivity index (χ4n) is 2.96. The monoisotopic (exact) mass is 234 g/mol. The van der Waals surface area contributed by atoms with E-state index in [1.165, 1.54) is 6.42 Å². The van der Waals surface area contributed by atoms with Gasteiger partial charge in [-0.05, 0) is 32.1 Å². The molecular weight excluding hydrogens is 216 g/mol. The number of imidazole rings is 1. The van der Waals surface area contributed by atoms with Crippen LogP contribution in [0.3, 0.4) is 0 Å². The molecule has 1 aliphatic carbocycles. The SMILES string of the molecule is Cn1ccnc1C(=O)C1CCOC2(CCC2)C1. The van der Waals surface area contributed by atoms with Crippen LogP contribution in [0.5, 0.6) is 0 Å². The maximum absolute atomic E-state index is 12.4. The predicted molar refractivity (Wildman–Crippen MR) is 62.8 cm³/mol. The molecule has 0 amide bonds. The van der Waals surface area contributed by atoms with Crippen LogP contribution in [0.2, 0.25) is 0 Å². The van der Waals surface area contributed by atoms with Crippen LogP contribution < -0.4 is 0 Å². The van der Waals surface area contributed by atoms with Gasteiger partial charge in [-0.2, -0.15) is 0 Å². The molecule has 2 aliphatic rings. The second-order valence-corrected chi connectivity index (χ2v) is 5.30. The predicted octanol–water partition coefficient (Wildman–Crippen LogP) is 1.95. The Morgan fingerprint density at radius 2 is 2.41 bits per heavy atom. The van der Waals surface area contributed by atoms with Gasteiger partial charge < -0.3 is 9.30 Å². The van der Waals surface area contributed by atoms with Crippen LogP contribution in [0, 0.1) is 5.92 Å². The summed E-state index contributed by atoms with van der Waals surface area (Å²) in [6, 6.07) is 0. The molecule has 1 unspecified atom stereocenters. The van der Waals surface area contributed by atoms with Crippen molar-refractivity contribution in [2.75, 3.05) is 6.61 Å². The van der Waals surface area contributed by atoms with E-state index < -0.39 is 0 Å². The summed E-state index contributed by atoms with van der Waals surface area (Å²) in [6.07, 6.45) is 8.72. The van der Waals surface area contributed by atoms with Crippen LogP contribution in [-0.2, 0) is 11.8 Å². The zero-order valence-corrected chi connectivity index (χ0v) is 10.2. The first-order chi connectivity index (χ1) is 8.20. The summed E-state index contributed by atoms with van der Waals surface area (Å²) in [5, 5.41) is 0. The van der Waals surface area contributed by atoms with Gasteiger partial charge in [-0.15, -0.1) is 0 Å². The average molecular weight is 234 g/mol. The minimum Gasteiger partial charge on any atom is -0.375 e. The van der Waals surface area contributed by atoms with Crippen LogP contribution in [0.15, 0.2) is 12.4 Å². The van der Waals surface area contributed by atoms with Crippen LogP contribution in [-0.4, -0.2) is 27.5 Å². The molecule has 4 heteroatoms. The Bertz CT molecular complexity index is 434. The number of ether oxygens (including phenoxy) is 1. The minimum atomic E-state index is 0.0315. The van der Waals surface area contributed by atoms with Crippen LogP contribution >= 0.6 is 0 Å². The summed E-state index contributed by atoms with van der Waals surface area (Å²) in [6.45, 7) is 0.723. The first-order valence-electron chi connectivity index (χ1n) is 6.36. The molecule has 92 valence electrons. The van der Waals surface area contributed by atoms with Gasteiger partial charge in [0.15, 0.2) is 5.82 Å². The molecule has 1 saturated heterocycles. The Kier molecular flexibility index (Phi) is 2.54. The molecule has 1 atom stereocenters. The quantitative estimate of drug-likeness (QED) is 0.735. The molecule has 0 aromatic carbocycles. The number of rotatable bonds is 2. The van der Waals surface area contributed by atoms with Crippen molar-refractivity contribution in [3.8, 4) is 0 Å². The maximum Gasteiger partial charge on any atom is 0.201 e. The van der Waals surface area contributed by atoms with Crippen molar-refractivity contribution in [3.05, 3.63) is 18.2 Å². The molecule has 2 heterocycles. The minimum absolute atomic E-state index is 0.0315. The van der Waals surface area contributed by atoms with Gasteiger partial charge in [-0.25, -0.2) is 4.98 Å². The third kappa shape index (κ3) is 1.80. The standard InChI is InChI=1S/C13H18N2O2/c1-15-7-6-14-12(15)11(16)10-3-8-17-13(9-10)4-2-5-13/h6-7,10H,2-5,8-9H2,1H3. The number of carbonyl (C=O) groups excluding carboxylic acids is 1. The highest BCUT2D eigenvalue weighted by Gasteiger charge is 2.44. The van der Waals surface area contributed by atoms with Gasteiger partial charge in [-0.1, -0.05) is 0 Å². The van der Waals surface area contributed by atoms with Gasteiger partial charge in [-0.3, -0.25) is 4.79 Å². The van der Waals surface area contributed by atoms with E-state index in [1.807, 2.05) is 17.8 Å². The molecule has 1 saturated carbocycles. The molecule has 0 N–H and O–H groups in total. The lowest BCUT2D eigenvalue weighted by atomic mass is 9.71. The summed E-state index contributed by atoms with van der Waals surface area (Å²) in [7, 11) is 1.87. The van der Waals surface area contributed by atoms with E-state index in [0.717, 1.165) is 32.3 Å². The molecule has 0 radical (unpaired) electrons. The van der Waals surface area contributed by atoms with Gasteiger partial charge >= 0.3 is 0 Å². The molecule has 1 aliphatic heterocycles. The average Bonchev–Trinajstić information content (AvgIpc) is 2.73. The Labute approximate surface area is 101 Å². The van der Waals surface area contributed by atoms with Gasteiger partial charge in [0.1, 0.15) is 0 Å². The second kappa shape index (κ2) is 3.95. The van der Waals surface area contributed by atoms with Crippen LogP contribution in [0.25, 0.3) is 0 Å². The normalized spacial score (nSPS) is 26.8. The van der Waals surface area contributed by atoms with Crippen LogP contribution in [0.1, 0.15) is 42.7 Å². The number of aryl methyl sites for hydroxylation is 1. The Morgan fingerprint density at radius 1 is 1.59 bits per heavy atom. The van der Waals surface area contributed by atoms with E-state index in [1.54, 1.807) is 6.20 Å². The van der Waals surface area contributed by atoms with E-state index in [0.29, 0.717) is 5.82 Å². The number of Topliss-reactive ketones (excluding diaryl/α,β-unsaturated/α-hetero) is 1. The van der Waals surface area contributed by atoms with Crippen molar-refractivity contribution in [3.63, 3.8) is 0 Å². The van der Waals surface area contributed by atoms with Crippen molar-refractivity contribution in [2.45, 2.75) is 37.7 Å². The molecular formula is C13H18N2O2. The summed E-state index contributed by atoms with van der Waals surface area (Å²) in [5.74, 6) is 0.878. The highest BCUT2D eigenvalue weighted by Crippen LogP contribution is 2.44. The molecule has 1 aromatic rings. The summed E-state index contributed by atoms with van der Waals surface area (Å²) in [4.78, 5) is 16.5. The zero-order chi connectivity index (χ0) is 11.9. The maximum atomic E-state index is 12.4.